The molecule has 1 aromatic heterocycles. The highest BCUT2D eigenvalue weighted by Crippen LogP contribution is 2.33. The zero-order valence-electron chi connectivity index (χ0n) is 12.1. The predicted molar refractivity (Wildman–Crippen MR) is 97.5 cm³/mol. The fourth-order valence-electron chi connectivity index (χ4n) is 2.11. The van der Waals surface area contributed by atoms with E-state index in [9.17, 15) is 9.65 Å². The van der Waals surface area contributed by atoms with Crippen molar-refractivity contribution in [1.29, 1.82) is 5.26 Å². The first-order valence-corrected chi connectivity index (χ1v) is 8.49. The van der Waals surface area contributed by atoms with Crippen LogP contribution in [0.15, 0.2) is 47.8 Å². The van der Waals surface area contributed by atoms with E-state index in [4.69, 9.17) is 23.2 Å². The molecule has 3 rings (SSSR count). The van der Waals surface area contributed by atoms with E-state index in [1.165, 1.54) is 23.5 Å². The molecular formula is C18H9Cl2FN2S. The summed E-state index contributed by atoms with van der Waals surface area (Å²) < 4.78 is 13.8. The number of thiazole rings is 1. The highest BCUT2D eigenvalue weighted by Gasteiger charge is 2.12. The van der Waals surface area contributed by atoms with Crippen molar-refractivity contribution >= 4 is 46.2 Å². The Kier molecular flexibility index (Phi) is 4.96. The molecular weight excluding hydrogens is 366 g/mol. The summed E-state index contributed by atoms with van der Waals surface area (Å²) in [7, 11) is 0. The molecule has 0 aliphatic heterocycles. The minimum Gasteiger partial charge on any atom is -0.235 e. The number of rotatable bonds is 3. The number of allylic oxidation sites excluding steroid dienone is 1. The number of benzene rings is 2. The first kappa shape index (κ1) is 16.7. The van der Waals surface area contributed by atoms with Crippen LogP contribution >= 0.6 is 34.5 Å². The van der Waals surface area contributed by atoms with Gasteiger partial charge in [0, 0.05) is 21.5 Å². The van der Waals surface area contributed by atoms with Crippen LogP contribution in [0.3, 0.4) is 0 Å². The number of halogens is 3. The SMILES string of the molecule is N#CC(=Cc1ccccc1F)c1nc(-c2ccc(Cl)cc2Cl)cs1. The van der Waals surface area contributed by atoms with Crippen molar-refractivity contribution in [3.05, 3.63) is 74.3 Å². The molecule has 0 amide bonds. The molecule has 0 unspecified atom stereocenters. The fourth-order valence-corrected chi connectivity index (χ4v) is 3.40. The Balaban J connectivity index is 2.00. The lowest BCUT2D eigenvalue weighted by Gasteiger charge is -2.01. The molecule has 3 aromatic rings. The van der Waals surface area contributed by atoms with E-state index in [0.717, 1.165) is 5.56 Å². The van der Waals surface area contributed by atoms with Gasteiger partial charge < -0.3 is 0 Å². The Hall–Kier alpha value is -2.19. The molecule has 0 saturated carbocycles. The molecule has 2 aromatic carbocycles. The average molecular weight is 375 g/mol. The van der Waals surface area contributed by atoms with Gasteiger partial charge in [-0.3, -0.25) is 0 Å². The van der Waals surface area contributed by atoms with Gasteiger partial charge in [0.25, 0.3) is 0 Å². The molecule has 0 saturated heterocycles. The second kappa shape index (κ2) is 7.14. The smallest absolute Gasteiger partial charge is 0.134 e. The van der Waals surface area contributed by atoms with Crippen molar-refractivity contribution < 1.29 is 4.39 Å². The van der Waals surface area contributed by atoms with Gasteiger partial charge in [-0.2, -0.15) is 5.26 Å². The van der Waals surface area contributed by atoms with E-state index >= 15 is 0 Å². The first-order chi connectivity index (χ1) is 11.6. The molecule has 0 bridgehead atoms. The third kappa shape index (κ3) is 3.49. The molecule has 0 atom stereocenters. The van der Waals surface area contributed by atoms with Crippen molar-refractivity contribution in [1.82, 2.24) is 4.98 Å². The highest BCUT2D eigenvalue weighted by atomic mass is 35.5. The molecule has 0 spiro atoms. The van der Waals surface area contributed by atoms with Crippen LogP contribution in [-0.2, 0) is 0 Å². The van der Waals surface area contributed by atoms with Crippen molar-refractivity contribution in [2.75, 3.05) is 0 Å². The standard InChI is InChI=1S/C18H9Cl2FN2S/c19-13-5-6-14(15(20)8-13)17-10-24-18(23-17)12(9-22)7-11-3-1-2-4-16(11)21/h1-8,10H. The van der Waals surface area contributed by atoms with Gasteiger partial charge in [0.05, 0.1) is 16.3 Å². The minimum atomic E-state index is -0.386. The molecule has 0 fully saturated rings. The van der Waals surface area contributed by atoms with Gasteiger partial charge in [-0.15, -0.1) is 11.3 Å². The minimum absolute atomic E-state index is 0.293. The third-order valence-electron chi connectivity index (χ3n) is 3.27. The molecule has 1 heterocycles. The Morgan fingerprint density at radius 3 is 2.71 bits per heavy atom. The summed E-state index contributed by atoms with van der Waals surface area (Å²) in [6, 6.07) is 13.5. The number of nitrogens with zero attached hydrogens (tertiary/aromatic N) is 2. The van der Waals surface area contributed by atoms with E-state index < -0.39 is 0 Å². The number of nitriles is 1. The first-order valence-electron chi connectivity index (χ1n) is 6.86. The number of hydrogen-bond acceptors (Lipinski definition) is 3. The van der Waals surface area contributed by atoms with Crippen molar-refractivity contribution in [2.45, 2.75) is 0 Å². The van der Waals surface area contributed by atoms with Crippen molar-refractivity contribution in [3.63, 3.8) is 0 Å². The molecule has 0 radical (unpaired) electrons. The Bertz CT molecular complexity index is 973. The van der Waals surface area contributed by atoms with Gasteiger partial charge in [0.2, 0.25) is 0 Å². The topological polar surface area (TPSA) is 36.7 Å². The Morgan fingerprint density at radius 1 is 1.21 bits per heavy atom. The summed E-state index contributed by atoms with van der Waals surface area (Å²) in [4.78, 5) is 4.45. The lowest BCUT2D eigenvalue weighted by molar-refractivity contribution is 0.625. The lowest BCUT2D eigenvalue weighted by Crippen LogP contribution is -1.85. The number of hydrogen-bond donors (Lipinski definition) is 0. The van der Waals surface area contributed by atoms with Crippen molar-refractivity contribution in [3.8, 4) is 17.3 Å². The third-order valence-corrected chi connectivity index (χ3v) is 4.69. The predicted octanol–water partition coefficient (Wildman–Crippen LogP) is 6.32. The highest BCUT2D eigenvalue weighted by molar-refractivity contribution is 7.11. The van der Waals surface area contributed by atoms with Crippen molar-refractivity contribution in [2.24, 2.45) is 0 Å². The molecule has 118 valence electrons. The van der Waals surface area contributed by atoms with Gasteiger partial charge in [-0.1, -0.05) is 41.4 Å². The van der Waals surface area contributed by atoms with E-state index in [2.05, 4.69) is 11.1 Å². The van der Waals surface area contributed by atoms with Crippen LogP contribution in [0.1, 0.15) is 10.6 Å². The summed E-state index contributed by atoms with van der Waals surface area (Å²) in [6.45, 7) is 0. The molecule has 6 heteroatoms. The second-order valence-electron chi connectivity index (χ2n) is 4.85. The van der Waals surface area contributed by atoms with E-state index in [1.807, 2.05) is 0 Å². The van der Waals surface area contributed by atoms with Crippen LogP contribution in [0, 0.1) is 17.1 Å². The molecule has 0 aliphatic carbocycles. The summed E-state index contributed by atoms with van der Waals surface area (Å²) in [6.07, 6.45) is 1.49. The largest absolute Gasteiger partial charge is 0.235 e. The monoisotopic (exact) mass is 374 g/mol. The second-order valence-corrected chi connectivity index (χ2v) is 6.56. The molecule has 0 N–H and O–H groups in total. The zero-order valence-corrected chi connectivity index (χ0v) is 14.5. The summed E-state index contributed by atoms with van der Waals surface area (Å²) in [5, 5.41) is 12.7. The van der Waals surface area contributed by atoms with Crippen LogP contribution in [0.25, 0.3) is 22.9 Å². The maximum atomic E-state index is 13.8. The Morgan fingerprint density at radius 2 is 2.00 bits per heavy atom. The summed E-state index contributed by atoms with van der Waals surface area (Å²) in [5.74, 6) is -0.386. The quantitative estimate of drug-likeness (QED) is 0.502. The van der Waals surface area contributed by atoms with E-state index in [-0.39, 0.29) is 5.82 Å². The maximum absolute atomic E-state index is 13.8. The van der Waals surface area contributed by atoms with Crippen LogP contribution < -0.4 is 0 Å². The average Bonchev–Trinajstić information content (AvgIpc) is 3.03. The Labute approximate surface area is 152 Å². The van der Waals surface area contributed by atoms with Gasteiger partial charge in [-0.05, 0) is 30.3 Å². The molecule has 2 nitrogen and oxygen atoms in total. The van der Waals surface area contributed by atoms with E-state index in [1.54, 1.807) is 41.8 Å². The molecule has 0 aliphatic rings. The van der Waals surface area contributed by atoms with Crippen LogP contribution in [0.2, 0.25) is 10.0 Å². The normalized spacial score (nSPS) is 11.3. The van der Waals surface area contributed by atoms with Gasteiger partial charge >= 0.3 is 0 Å². The van der Waals surface area contributed by atoms with Gasteiger partial charge in [-0.25, -0.2) is 9.37 Å². The zero-order chi connectivity index (χ0) is 17.1. The van der Waals surface area contributed by atoms with Crippen LogP contribution in [0.5, 0.6) is 0 Å². The van der Waals surface area contributed by atoms with E-state index in [0.29, 0.717) is 31.9 Å². The fraction of sp³-hybridized carbons (Fsp3) is 0. The number of aromatic nitrogens is 1. The maximum Gasteiger partial charge on any atom is 0.134 e. The summed E-state index contributed by atoms with van der Waals surface area (Å²) >= 11 is 13.4. The lowest BCUT2D eigenvalue weighted by atomic mass is 10.1. The van der Waals surface area contributed by atoms with Gasteiger partial charge in [0.1, 0.15) is 16.9 Å². The van der Waals surface area contributed by atoms with Crippen LogP contribution in [-0.4, -0.2) is 4.98 Å². The summed E-state index contributed by atoms with van der Waals surface area (Å²) in [5.41, 5.74) is 2.01. The van der Waals surface area contributed by atoms with Crippen LogP contribution in [0.4, 0.5) is 4.39 Å². The molecule has 24 heavy (non-hydrogen) atoms. The van der Waals surface area contributed by atoms with Gasteiger partial charge in [0.15, 0.2) is 0 Å².